The van der Waals surface area contributed by atoms with Crippen LogP contribution in [0.15, 0.2) is 21.2 Å². The van der Waals surface area contributed by atoms with E-state index in [2.05, 4.69) is 16.3 Å². The number of anilines is 1. The molecule has 4 rings (SSSR count). The number of piperidine rings is 1. The van der Waals surface area contributed by atoms with Crippen LogP contribution < -0.4 is 21.5 Å². The van der Waals surface area contributed by atoms with Crippen molar-refractivity contribution in [2.45, 2.75) is 51.5 Å². The maximum absolute atomic E-state index is 13.1. The van der Waals surface area contributed by atoms with Crippen LogP contribution in [0.25, 0.3) is 11.2 Å². The fourth-order valence-electron chi connectivity index (χ4n) is 4.71. The SMILES string of the molecule is CC(C)=CCn1c(N2CCCC(NC(C=O)N3CSCC3C#N)C2)nc2c1c(=O)n(C)c(=O)n2C. The van der Waals surface area contributed by atoms with E-state index in [0.29, 0.717) is 41.8 Å². The molecular weight excluding hydrogens is 468 g/mol. The molecule has 2 fully saturated rings. The van der Waals surface area contributed by atoms with E-state index in [0.717, 1.165) is 35.8 Å². The summed E-state index contributed by atoms with van der Waals surface area (Å²) in [5.74, 6) is 1.97. The predicted molar refractivity (Wildman–Crippen MR) is 136 cm³/mol. The van der Waals surface area contributed by atoms with Crippen LogP contribution in [-0.2, 0) is 25.4 Å². The molecule has 1 N–H and O–H groups in total. The molecule has 0 saturated carbocycles. The maximum atomic E-state index is 13.1. The molecule has 4 heterocycles. The lowest BCUT2D eigenvalue weighted by molar-refractivity contribution is -0.113. The van der Waals surface area contributed by atoms with Crippen LogP contribution in [0, 0.1) is 11.3 Å². The molecule has 0 aliphatic carbocycles. The van der Waals surface area contributed by atoms with Crippen molar-refractivity contribution in [3.8, 4) is 6.07 Å². The van der Waals surface area contributed by atoms with Gasteiger partial charge in [0.1, 0.15) is 12.2 Å². The lowest BCUT2D eigenvalue weighted by Gasteiger charge is -2.37. The monoisotopic (exact) mass is 500 g/mol. The van der Waals surface area contributed by atoms with Gasteiger partial charge in [0.15, 0.2) is 17.5 Å². The molecule has 2 aliphatic heterocycles. The van der Waals surface area contributed by atoms with Gasteiger partial charge in [-0.2, -0.15) is 10.2 Å². The minimum Gasteiger partial charge on any atom is -0.341 e. The summed E-state index contributed by atoms with van der Waals surface area (Å²) in [5, 5.41) is 12.9. The fourth-order valence-corrected chi connectivity index (χ4v) is 5.86. The maximum Gasteiger partial charge on any atom is 0.332 e. The van der Waals surface area contributed by atoms with Crippen LogP contribution in [0.2, 0.25) is 0 Å². The van der Waals surface area contributed by atoms with Crippen LogP contribution in [-0.4, -0.2) is 72.8 Å². The smallest absolute Gasteiger partial charge is 0.332 e. The first kappa shape index (κ1) is 25.2. The Balaban J connectivity index is 1.68. The summed E-state index contributed by atoms with van der Waals surface area (Å²) < 4.78 is 4.41. The number of rotatable bonds is 7. The van der Waals surface area contributed by atoms with Crippen molar-refractivity contribution < 1.29 is 4.79 Å². The fraction of sp³-hybridized carbons (Fsp3) is 0.609. The molecule has 2 aromatic rings. The van der Waals surface area contributed by atoms with Gasteiger partial charge in [-0.3, -0.25) is 24.1 Å². The average molecular weight is 501 g/mol. The topological polar surface area (TPSA) is 121 Å². The second kappa shape index (κ2) is 10.4. The molecule has 0 amide bonds. The number of hydrogen-bond acceptors (Lipinski definition) is 9. The predicted octanol–water partition coefficient (Wildman–Crippen LogP) is 0.382. The molecule has 3 atom stereocenters. The number of fused-ring (bicyclic) bond motifs is 1. The van der Waals surface area contributed by atoms with Gasteiger partial charge in [-0.15, -0.1) is 11.8 Å². The lowest BCUT2D eigenvalue weighted by atomic mass is 10.1. The number of hydrogen-bond donors (Lipinski definition) is 1. The molecule has 11 nitrogen and oxygen atoms in total. The summed E-state index contributed by atoms with van der Waals surface area (Å²) in [6.45, 7) is 5.80. The first-order valence-corrected chi connectivity index (χ1v) is 12.9. The number of nitrogens with zero attached hydrogens (tertiary/aromatic N) is 7. The van der Waals surface area contributed by atoms with E-state index in [4.69, 9.17) is 4.98 Å². The lowest BCUT2D eigenvalue weighted by Crippen LogP contribution is -2.56. The standard InChI is InChI=1S/C23H32N8O3S/c1-15(2)7-9-30-19-20(27(3)23(34)28(4)21(19)33)26-22(30)29-8-5-6-16(11-29)25-18(12-32)31-14-35-13-17(31)10-24/h7,12,16-18,25H,5-6,8-9,11,13-14H2,1-4H3. The summed E-state index contributed by atoms with van der Waals surface area (Å²) in [6, 6.07) is 2.01. The Labute approximate surface area is 208 Å². The summed E-state index contributed by atoms with van der Waals surface area (Å²) in [4.78, 5) is 46.3. The number of aromatic nitrogens is 4. The molecule has 0 bridgehead atoms. The van der Waals surface area contributed by atoms with Gasteiger partial charge in [-0.25, -0.2) is 4.79 Å². The van der Waals surface area contributed by atoms with Gasteiger partial charge in [-0.1, -0.05) is 11.6 Å². The number of nitriles is 1. The van der Waals surface area contributed by atoms with Crippen molar-refractivity contribution in [1.82, 2.24) is 28.9 Å². The molecule has 188 valence electrons. The molecule has 0 radical (unpaired) electrons. The second-order valence-electron chi connectivity index (χ2n) is 9.37. The Kier molecular flexibility index (Phi) is 7.49. The summed E-state index contributed by atoms with van der Waals surface area (Å²) >= 11 is 1.65. The third kappa shape index (κ3) is 4.80. The number of nitrogens with one attached hydrogen (secondary N) is 1. The third-order valence-electron chi connectivity index (χ3n) is 6.67. The minimum absolute atomic E-state index is 0.00672. The van der Waals surface area contributed by atoms with Gasteiger partial charge >= 0.3 is 5.69 Å². The van der Waals surface area contributed by atoms with Gasteiger partial charge < -0.3 is 14.3 Å². The Bertz CT molecular complexity index is 1300. The van der Waals surface area contributed by atoms with Gasteiger partial charge in [0.05, 0.1) is 6.07 Å². The largest absolute Gasteiger partial charge is 0.341 e. The Morgan fingerprint density at radius 3 is 2.77 bits per heavy atom. The van der Waals surface area contributed by atoms with E-state index in [9.17, 15) is 19.6 Å². The van der Waals surface area contributed by atoms with Gasteiger partial charge in [-0.05, 0) is 26.7 Å². The molecule has 2 aromatic heterocycles. The minimum atomic E-state index is -0.530. The normalized spacial score (nSPS) is 21.7. The number of allylic oxidation sites excluding steroid dienone is 2. The average Bonchev–Trinajstić information content (AvgIpc) is 3.48. The van der Waals surface area contributed by atoms with Crippen LogP contribution in [0.4, 0.5) is 5.95 Å². The van der Waals surface area contributed by atoms with Crippen LogP contribution in [0.5, 0.6) is 0 Å². The van der Waals surface area contributed by atoms with Crippen LogP contribution in [0.3, 0.4) is 0 Å². The van der Waals surface area contributed by atoms with Crippen molar-refractivity contribution in [3.05, 3.63) is 32.5 Å². The summed E-state index contributed by atoms with van der Waals surface area (Å²) in [5.41, 5.74) is 1.09. The number of carbonyl (C=O) groups is 1. The highest BCUT2D eigenvalue weighted by atomic mass is 32.2. The van der Waals surface area contributed by atoms with E-state index in [1.165, 1.54) is 11.6 Å². The third-order valence-corrected chi connectivity index (χ3v) is 7.70. The van der Waals surface area contributed by atoms with E-state index >= 15 is 0 Å². The van der Waals surface area contributed by atoms with Gasteiger partial charge in [0, 0.05) is 51.4 Å². The molecule has 2 aliphatic rings. The first-order chi connectivity index (χ1) is 16.8. The summed E-state index contributed by atoms with van der Waals surface area (Å²) in [6.07, 6.45) is 4.14. The van der Waals surface area contributed by atoms with Gasteiger partial charge in [0.25, 0.3) is 5.56 Å². The number of imidazole rings is 1. The van der Waals surface area contributed by atoms with Crippen LogP contribution in [0.1, 0.15) is 26.7 Å². The number of carbonyl (C=O) groups excluding carboxylic acids is 1. The Hall–Kier alpha value is -2.88. The molecule has 3 unspecified atom stereocenters. The Morgan fingerprint density at radius 2 is 2.09 bits per heavy atom. The summed E-state index contributed by atoms with van der Waals surface area (Å²) in [7, 11) is 3.11. The molecule has 0 spiro atoms. The number of aryl methyl sites for hydroxylation is 1. The highest BCUT2D eigenvalue weighted by molar-refractivity contribution is 7.99. The molecular formula is C23H32N8O3S. The molecule has 0 aromatic carbocycles. The zero-order valence-electron chi connectivity index (χ0n) is 20.6. The molecule has 2 saturated heterocycles. The Morgan fingerprint density at radius 1 is 1.31 bits per heavy atom. The van der Waals surface area contributed by atoms with Crippen molar-refractivity contribution in [1.29, 1.82) is 5.26 Å². The van der Waals surface area contributed by atoms with Crippen molar-refractivity contribution in [2.24, 2.45) is 14.1 Å². The number of thioether (sulfide) groups is 1. The van der Waals surface area contributed by atoms with Crippen molar-refractivity contribution >= 4 is 35.2 Å². The van der Waals surface area contributed by atoms with Gasteiger partial charge in [0.2, 0.25) is 5.95 Å². The molecule has 12 heteroatoms. The highest BCUT2D eigenvalue weighted by Crippen LogP contribution is 2.25. The quantitative estimate of drug-likeness (QED) is 0.425. The van der Waals surface area contributed by atoms with Crippen molar-refractivity contribution in [2.75, 3.05) is 29.6 Å². The highest BCUT2D eigenvalue weighted by Gasteiger charge is 2.34. The van der Waals surface area contributed by atoms with E-state index < -0.39 is 11.9 Å². The zero-order valence-corrected chi connectivity index (χ0v) is 21.4. The first-order valence-electron chi connectivity index (χ1n) is 11.8. The zero-order chi connectivity index (χ0) is 25.3. The second-order valence-corrected chi connectivity index (χ2v) is 10.4. The number of aldehydes is 1. The van der Waals surface area contributed by atoms with Crippen LogP contribution >= 0.6 is 11.8 Å². The van der Waals surface area contributed by atoms with E-state index in [1.807, 2.05) is 29.4 Å². The van der Waals surface area contributed by atoms with E-state index in [-0.39, 0.29) is 17.6 Å². The molecule has 35 heavy (non-hydrogen) atoms. The van der Waals surface area contributed by atoms with Crippen molar-refractivity contribution in [3.63, 3.8) is 0 Å². The van der Waals surface area contributed by atoms with E-state index in [1.54, 1.807) is 18.8 Å².